The van der Waals surface area contributed by atoms with E-state index in [0.29, 0.717) is 13.0 Å². The zero-order valence-electron chi connectivity index (χ0n) is 10.3. The molecule has 1 rings (SSSR count). The summed E-state index contributed by atoms with van der Waals surface area (Å²) in [4.78, 5) is 0. The van der Waals surface area contributed by atoms with E-state index in [-0.39, 0.29) is 18.5 Å². The summed E-state index contributed by atoms with van der Waals surface area (Å²) < 4.78 is 11.9. The Morgan fingerprint density at radius 2 is 2.12 bits per heavy atom. The van der Waals surface area contributed by atoms with Crippen molar-refractivity contribution in [2.45, 2.75) is 32.4 Å². The molecule has 1 aromatic rings. The molecule has 0 aliphatic carbocycles. The summed E-state index contributed by atoms with van der Waals surface area (Å²) in [5.74, 6) is 0.221. The second-order valence-corrected chi connectivity index (χ2v) is 4.28. The van der Waals surface area contributed by atoms with E-state index < -0.39 is 6.10 Å². The third-order valence-corrected chi connectivity index (χ3v) is 2.81. The molecule has 2 atom stereocenters. The Kier molecular flexibility index (Phi) is 5.38. The maximum absolute atomic E-state index is 11.9. The van der Waals surface area contributed by atoms with Gasteiger partial charge in [0.05, 0.1) is 12.8 Å². The lowest BCUT2D eigenvalue weighted by molar-refractivity contribution is 0.135. The van der Waals surface area contributed by atoms with Crippen molar-refractivity contribution in [1.82, 2.24) is 5.32 Å². The van der Waals surface area contributed by atoms with Crippen molar-refractivity contribution in [1.29, 1.82) is 0 Å². The maximum Gasteiger partial charge on any atom is 0.118 e. The van der Waals surface area contributed by atoms with Crippen molar-refractivity contribution >= 4 is 0 Å². The van der Waals surface area contributed by atoms with Crippen LogP contribution in [0.1, 0.15) is 30.6 Å². The summed E-state index contributed by atoms with van der Waals surface area (Å²) in [6, 6.07) is 4.88. The highest BCUT2D eigenvalue weighted by molar-refractivity contribution is 5.36. The van der Waals surface area contributed by atoms with Crippen LogP contribution in [0.3, 0.4) is 0 Å². The molecule has 2 unspecified atom stereocenters. The van der Waals surface area contributed by atoms with Crippen molar-refractivity contribution < 1.29 is 14.6 Å². The Labute approximate surface area is 101 Å². The second kappa shape index (κ2) is 6.57. The van der Waals surface area contributed by atoms with E-state index in [0.717, 1.165) is 11.1 Å². The van der Waals surface area contributed by atoms with Gasteiger partial charge in [0.25, 0.3) is 0 Å². The highest BCUT2D eigenvalue weighted by Crippen LogP contribution is 2.23. The number of hydrogen-bond acceptors (Lipinski definition) is 3. The number of phenolic OH excluding ortho intramolecular Hbond substituents is 1. The van der Waals surface area contributed by atoms with Crippen molar-refractivity contribution in [3.05, 3.63) is 29.3 Å². The number of aliphatic hydroxyl groups is 1. The Balaban J connectivity index is 2.61. The predicted octanol–water partition coefficient (Wildman–Crippen LogP) is 2.07. The van der Waals surface area contributed by atoms with Gasteiger partial charge in [-0.3, -0.25) is 4.39 Å². The first-order chi connectivity index (χ1) is 8.06. The number of aryl methyl sites for hydroxylation is 1. The van der Waals surface area contributed by atoms with Crippen molar-refractivity contribution in [3.63, 3.8) is 0 Å². The molecule has 0 radical (unpaired) electrons. The Hall–Kier alpha value is -1.13. The minimum absolute atomic E-state index is 0.148. The lowest BCUT2D eigenvalue weighted by Crippen LogP contribution is -2.33. The van der Waals surface area contributed by atoms with Crippen LogP contribution in [-0.4, -0.2) is 29.5 Å². The Morgan fingerprint density at radius 3 is 2.71 bits per heavy atom. The highest BCUT2D eigenvalue weighted by Gasteiger charge is 2.16. The number of rotatable bonds is 6. The largest absolute Gasteiger partial charge is 0.508 e. The molecule has 0 spiro atoms. The van der Waals surface area contributed by atoms with Gasteiger partial charge in [0, 0.05) is 6.04 Å². The molecule has 0 saturated carbocycles. The van der Waals surface area contributed by atoms with E-state index in [1.165, 1.54) is 0 Å². The maximum atomic E-state index is 11.9. The van der Waals surface area contributed by atoms with Gasteiger partial charge in [0.1, 0.15) is 5.75 Å². The summed E-state index contributed by atoms with van der Waals surface area (Å²) >= 11 is 0. The minimum Gasteiger partial charge on any atom is -0.508 e. The van der Waals surface area contributed by atoms with Crippen LogP contribution in [0.15, 0.2) is 18.2 Å². The minimum atomic E-state index is -0.658. The van der Waals surface area contributed by atoms with Gasteiger partial charge in [-0.25, -0.2) is 0 Å². The topological polar surface area (TPSA) is 52.5 Å². The smallest absolute Gasteiger partial charge is 0.118 e. The monoisotopic (exact) mass is 241 g/mol. The molecule has 4 heteroatoms. The van der Waals surface area contributed by atoms with E-state index in [2.05, 4.69) is 5.32 Å². The highest BCUT2D eigenvalue weighted by atomic mass is 19.1. The first kappa shape index (κ1) is 13.9. The van der Waals surface area contributed by atoms with Crippen molar-refractivity contribution in [2.24, 2.45) is 0 Å². The molecule has 0 aliphatic heterocycles. The number of benzene rings is 1. The Morgan fingerprint density at radius 1 is 1.41 bits per heavy atom. The van der Waals surface area contributed by atoms with E-state index in [9.17, 15) is 14.6 Å². The quantitative estimate of drug-likeness (QED) is 0.668. The molecule has 0 amide bonds. The standard InChI is InChI=1S/C13H20FNO2/c1-9-8-11(4-5-12(9)16)13(17)10(2)15-7-3-6-14/h4-5,8,10,13,15-17H,3,6-7H2,1-2H3. The van der Waals surface area contributed by atoms with E-state index in [4.69, 9.17) is 0 Å². The molecule has 0 fully saturated rings. The lowest BCUT2D eigenvalue weighted by Gasteiger charge is -2.21. The fourth-order valence-electron chi connectivity index (χ4n) is 1.66. The number of alkyl halides is 1. The molecule has 0 heterocycles. The van der Waals surface area contributed by atoms with Gasteiger partial charge in [-0.1, -0.05) is 6.07 Å². The molecule has 0 saturated heterocycles. The van der Waals surface area contributed by atoms with Crippen LogP contribution in [0, 0.1) is 6.92 Å². The summed E-state index contributed by atoms with van der Waals surface area (Å²) in [5.41, 5.74) is 1.48. The fourth-order valence-corrected chi connectivity index (χ4v) is 1.66. The normalized spacial score (nSPS) is 14.6. The van der Waals surface area contributed by atoms with Gasteiger partial charge in [0.2, 0.25) is 0 Å². The second-order valence-electron chi connectivity index (χ2n) is 4.28. The van der Waals surface area contributed by atoms with E-state index in [1.807, 2.05) is 6.92 Å². The van der Waals surface area contributed by atoms with E-state index >= 15 is 0 Å². The van der Waals surface area contributed by atoms with Gasteiger partial charge in [-0.15, -0.1) is 0 Å². The first-order valence-corrected chi connectivity index (χ1v) is 5.83. The van der Waals surface area contributed by atoms with Gasteiger partial charge in [0.15, 0.2) is 0 Å². The summed E-state index contributed by atoms with van der Waals surface area (Å²) in [5, 5.41) is 22.5. The summed E-state index contributed by atoms with van der Waals surface area (Å²) in [7, 11) is 0. The van der Waals surface area contributed by atoms with Gasteiger partial charge >= 0.3 is 0 Å². The van der Waals surface area contributed by atoms with Gasteiger partial charge in [-0.05, 0) is 50.1 Å². The third kappa shape index (κ3) is 3.98. The zero-order chi connectivity index (χ0) is 12.8. The van der Waals surface area contributed by atoms with Gasteiger partial charge in [-0.2, -0.15) is 0 Å². The van der Waals surface area contributed by atoms with Crippen molar-refractivity contribution in [3.8, 4) is 5.75 Å². The molecule has 0 aromatic heterocycles. The lowest BCUT2D eigenvalue weighted by atomic mass is 10.0. The molecule has 96 valence electrons. The zero-order valence-corrected chi connectivity index (χ0v) is 10.3. The third-order valence-electron chi connectivity index (χ3n) is 2.81. The number of halogens is 1. The van der Waals surface area contributed by atoms with Crippen LogP contribution >= 0.6 is 0 Å². The number of nitrogens with one attached hydrogen (secondary N) is 1. The number of aromatic hydroxyl groups is 1. The summed E-state index contributed by atoms with van der Waals surface area (Å²) in [6.45, 7) is 3.83. The van der Waals surface area contributed by atoms with Crippen LogP contribution in [0.4, 0.5) is 4.39 Å². The Bertz CT molecular complexity index is 357. The molecular weight excluding hydrogens is 221 g/mol. The molecule has 0 aliphatic rings. The van der Waals surface area contributed by atoms with Gasteiger partial charge < -0.3 is 15.5 Å². The van der Waals surface area contributed by atoms with Crippen LogP contribution in [-0.2, 0) is 0 Å². The SMILES string of the molecule is Cc1cc(C(O)C(C)NCCCF)ccc1O. The molecule has 3 nitrogen and oxygen atoms in total. The first-order valence-electron chi connectivity index (χ1n) is 5.83. The number of hydrogen-bond donors (Lipinski definition) is 3. The fraction of sp³-hybridized carbons (Fsp3) is 0.538. The number of phenols is 1. The average molecular weight is 241 g/mol. The van der Waals surface area contributed by atoms with Crippen LogP contribution in [0.25, 0.3) is 0 Å². The molecule has 3 N–H and O–H groups in total. The average Bonchev–Trinajstić information content (AvgIpc) is 2.32. The molecule has 17 heavy (non-hydrogen) atoms. The van der Waals surface area contributed by atoms with E-state index in [1.54, 1.807) is 25.1 Å². The molecule has 0 bridgehead atoms. The molecule has 1 aromatic carbocycles. The van der Waals surface area contributed by atoms with Crippen molar-refractivity contribution in [2.75, 3.05) is 13.2 Å². The van der Waals surface area contributed by atoms with Crippen LogP contribution < -0.4 is 5.32 Å². The molecular formula is C13H20FNO2. The predicted molar refractivity (Wildman–Crippen MR) is 65.9 cm³/mol. The summed E-state index contributed by atoms with van der Waals surface area (Å²) in [6.07, 6.45) is -0.208. The van der Waals surface area contributed by atoms with Crippen LogP contribution in [0.5, 0.6) is 5.75 Å². The number of aliphatic hydroxyl groups excluding tert-OH is 1. The van der Waals surface area contributed by atoms with Crippen LogP contribution in [0.2, 0.25) is 0 Å².